The maximum atomic E-state index is 14.2. The van der Waals surface area contributed by atoms with Gasteiger partial charge in [0.05, 0.1) is 49.3 Å². The highest BCUT2D eigenvalue weighted by atomic mass is 32.2. The maximum absolute atomic E-state index is 14.2. The molecule has 326 valence electrons. The van der Waals surface area contributed by atoms with Crippen LogP contribution in [0.5, 0.6) is 0 Å². The summed E-state index contributed by atoms with van der Waals surface area (Å²) in [4.78, 5) is 14.2. The minimum Gasteiger partial charge on any atom is -0.462 e. The van der Waals surface area contributed by atoms with Gasteiger partial charge in [-0.2, -0.15) is 11.8 Å². The fourth-order valence-electron chi connectivity index (χ4n) is 9.76. The van der Waals surface area contributed by atoms with E-state index in [4.69, 9.17) is 47.4 Å². The summed E-state index contributed by atoms with van der Waals surface area (Å²) in [6, 6.07) is 0. The molecule has 1 spiro atoms. The van der Waals surface area contributed by atoms with Crippen LogP contribution in [0.3, 0.4) is 0 Å². The third-order valence-electron chi connectivity index (χ3n) is 12.9. The summed E-state index contributed by atoms with van der Waals surface area (Å²) in [5.74, 6) is -1.33. The summed E-state index contributed by atoms with van der Waals surface area (Å²) in [7, 11) is 3.22. The van der Waals surface area contributed by atoms with Crippen molar-refractivity contribution in [2.24, 2.45) is 11.8 Å². The first kappa shape index (κ1) is 44.4. The number of ether oxygens (including phenoxy) is 10. The van der Waals surface area contributed by atoms with Crippen molar-refractivity contribution in [3.8, 4) is 0 Å². The Hall–Kier alpha value is -1.70. The largest absolute Gasteiger partial charge is 0.462 e. The van der Waals surface area contributed by atoms with Gasteiger partial charge in [-0.3, -0.25) is 4.79 Å². The number of carbonyl (C=O) groups is 1. The van der Waals surface area contributed by atoms with Crippen LogP contribution >= 0.6 is 11.8 Å². The molecule has 6 aliphatic heterocycles. The van der Waals surface area contributed by atoms with Gasteiger partial charge in [0.1, 0.15) is 42.0 Å². The first-order chi connectivity index (χ1) is 27.6. The van der Waals surface area contributed by atoms with E-state index in [1.54, 1.807) is 52.0 Å². The lowest BCUT2D eigenvalue weighted by atomic mass is 9.71. The number of aliphatic hydroxyl groups excluding tert-OH is 2. The molecular formula is C43H64O14S. The lowest BCUT2D eigenvalue weighted by Crippen LogP contribution is -2.58. The predicted molar refractivity (Wildman–Crippen MR) is 213 cm³/mol. The van der Waals surface area contributed by atoms with Gasteiger partial charge in [-0.15, -0.1) is 0 Å². The van der Waals surface area contributed by atoms with E-state index in [0.717, 1.165) is 11.3 Å². The molecule has 0 aromatic rings. The van der Waals surface area contributed by atoms with E-state index < -0.39 is 90.8 Å². The zero-order valence-electron chi connectivity index (χ0n) is 35.0. The second-order valence-corrected chi connectivity index (χ2v) is 18.3. The van der Waals surface area contributed by atoms with E-state index in [-0.39, 0.29) is 30.8 Å². The first-order valence-electron chi connectivity index (χ1n) is 20.9. The molecule has 0 aromatic carbocycles. The smallest absolute Gasteiger partial charge is 0.316 e. The molecule has 1 aliphatic carbocycles. The molecule has 1 unspecified atom stereocenters. The summed E-state index contributed by atoms with van der Waals surface area (Å²) in [6.45, 7) is 11.6. The summed E-state index contributed by atoms with van der Waals surface area (Å²) < 4.78 is 62.9. The molecule has 3 N–H and O–H groups in total. The molecule has 7 rings (SSSR count). The number of rotatable bonds is 6. The molecule has 58 heavy (non-hydrogen) atoms. The fraction of sp³-hybridized carbons (Fsp3) is 0.791. The van der Waals surface area contributed by atoms with Crippen LogP contribution in [-0.4, -0.2) is 151 Å². The van der Waals surface area contributed by atoms with Crippen LogP contribution in [0.4, 0.5) is 0 Å². The van der Waals surface area contributed by atoms with Gasteiger partial charge in [0.25, 0.3) is 0 Å². The van der Waals surface area contributed by atoms with Crippen molar-refractivity contribution in [2.45, 2.75) is 171 Å². The monoisotopic (exact) mass is 836 g/mol. The molecular weight excluding hydrogens is 773 g/mol. The van der Waals surface area contributed by atoms with E-state index in [1.807, 2.05) is 32.9 Å². The zero-order valence-corrected chi connectivity index (χ0v) is 35.8. The standard InChI is InChI=1S/C43H64O14S/c1-22-10-9-11-28-19-50-40-36(44)24(3)14-31(43(28,40)47)41(46)53-30-15-29(57-42(18-30)21-58-20-25(4)56-42)13-12-23(2)38(22)54-35-17-33(49-8)39(27(6)52-35)55-34-16-32(48-7)37(45)26(5)51-34/h9-12,14,22,25-27,29-40,44-45,47H,13,15-21H2,1-8H3/b10-9+,23-12+,28-11+/t22-,25+,26-,27-,29+,30-,31-,32-,33-,34-,35-,36+,37-,38-,39-,40?,42+,43+/m0/s1. The minimum atomic E-state index is -1.81. The van der Waals surface area contributed by atoms with Gasteiger partial charge < -0.3 is 62.7 Å². The molecule has 0 aromatic heterocycles. The van der Waals surface area contributed by atoms with Gasteiger partial charge >= 0.3 is 5.97 Å². The van der Waals surface area contributed by atoms with E-state index in [2.05, 4.69) is 13.0 Å². The van der Waals surface area contributed by atoms with Crippen LogP contribution in [0.15, 0.2) is 47.1 Å². The Morgan fingerprint density at radius 2 is 1.62 bits per heavy atom. The van der Waals surface area contributed by atoms with Crippen LogP contribution < -0.4 is 0 Å². The predicted octanol–water partition coefficient (Wildman–Crippen LogP) is 3.89. The molecule has 0 radical (unpaired) electrons. The molecule has 2 bridgehead atoms. The molecule has 14 nitrogen and oxygen atoms in total. The summed E-state index contributed by atoms with van der Waals surface area (Å²) >= 11 is 1.76. The third-order valence-corrected chi connectivity index (χ3v) is 14.3. The van der Waals surface area contributed by atoms with Gasteiger partial charge in [-0.25, -0.2) is 0 Å². The lowest BCUT2D eigenvalue weighted by molar-refractivity contribution is -0.318. The topological polar surface area (TPSA) is 170 Å². The van der Waals surface area contributed by atoms with Crippen LogP contribution in [0, 0.1) is 11.8 Å². The molecule has 7 aliphatic rings. The number of methoxy groups -OCH3 is 2. The van der Waals surface area contributed by atoms with Gasteiger partial charge in [0.2, 0.25) is 0 Å². The highest BCUT2D eigenvalue weighted by molar-refractivity contribution is 7.99. The Morgan fingerprint density at radius 1 is 0.897 bits per heavy atom. The van der Waals surface area contributed by atoms with E-state index in [0.29, 0.717) is 49.0 Å². The number of aliphatic hydroxyl groups is 3. The average Bonchev–Trinajstić information content (AvgIpc) is 3.52. The number of fused-ring (bicyclic) bond motifs is 2. The highest BCUT2D eigenvalue weighted by Crippen LogP contribution is 2.47. The van der Waals surface area contributed by atoms with E-state index in [9.17, 15) is 20.1 Å². The van der Waals surface area contributed by atoms with Gasteiger partial charge in [0.15, 0.2) is 18.4 Å². The van der Waals surface area contributed by atoms with Gasteiger partial charge in [-0.1, -0.05) is 37.3 Å². The van der Waals surface area contributed by atoms with Crippen LogP contribution in [0.1, 0.15) is 73.6 Å². The zero-order chi connectivity index (χ0) is 41.5. The molecule has 5 saturated heterocycles. The number of carbonyl (C=O) groups excluding carboxylic acids is 1. The Kier molecular flexibility index (Phi) is 14.0. The second-order valence-electron chi connectivity index (χ2n) is 17.3. The quantitative estimate of drug-likeness (QED) is 0.260. The van der Waals surface area contributed by atoms with Crippen molar-refractivity contribution >= 4 is 17.7 Å². The molecule has 5 fully saturated rings. The maximum Gasteiger partial charge on any atom is 0.316 e. The summed E-state index contributed by atoms with van der Waals surface area (Å²) in [5, 5.41) is 34.0. The Labute approximate surface area is 346 Å². The van der Waals surface area contributed by atoms with Crippen LogP contribution in [0.25, 0.3) is 0 Å². The SMILES string of the molecule is CO[C@H]1C[C@H](O[C@H]2[C@H](C)O[C@@H](O[C@@H]3/C(C)=C/C[C@@H]4C[C@@H](C[C@]5(CSC[C@@H](C)O5)O4)OC(=O)[C@@H]4C=C(C)[C@@H](O)C5OC/C(=C\C=C\[C@@H]3C)[C@]54O)C[C@@H]2OC)O[C@@H](C)[C@@H]1O. The van der Waals surface area contributed by atoms with Crippen molar-refractivity contribution in [3.63, 3.8) is 0 Å². The molecule has 6 heterocycles. The summed E-state index contributed by atoms with van der Waals surface area (Å²) in [5.41, 5.74) is 0.178. The van der Waals surface area contributed by atoms with Crippen LogP contribution in [0.2, 0.25) is 0 Å². The number of allylic oxidation sites excluding steroid dienone is 2. The van der Waals surface area contributed by atoms with Crippen molar-refractivity contribution in [2.75, 3.05) is 32.3 Å². The Morgan fingerprint density at radius 3 is 2.36 bits per heavy atom. The molecule has 0 amide bonds. The molecule has 18 atom stereocenters. The first-order valence-corrected chi connectivity index (χ1v) is 22.0. The number of esters is 1. The van der Waals surface area contributed by atoms with Gasteiger partial charge in [0, 0.05) is 57.3 Å². The third kappa shape index (κ3) is 9.09. The Bertz CT molecular complexity index is 1590. The number of thioether (sulfide) groups is 1. The van der Waals surface area contributed by atoms with Crippen molar-refractivity contribution in [1.82, 2.24) is 0 Å². The van der Waals surface area contributed by atoms with Crippen molar-refractivity contribution in [3.05, 3.63) is 47.1 Å². The molecule has 0 saturated carbocycles. The Balaban J connectivity index is 1.16. The van der Waals surface area contributed by atoms with Crippen molar-refractivity contribution < 1.29 is 67.5 Å². The molecule has 15 heteroatoms. The van der Waals surface area contributed by atoms with E-state index >= 15 is 0 Å². The van der Waals surface area contributed by atoms with Gasteiger partial charge in [-0.05, 0) is 57.8 Å². The van der Waals surface area contributed by atoms with Crippen molar-refractivity contribution in [1.29, 1.82) is 0 Å². The minimum absolute atomic E-state index is 0.0407. The fourth-order valence-corrected chi connectivity index (χ4v) is 10.8. The average molecular weight is 837 g/mol. The van der Waals surface area contributed by atoms with E-state index in [1.165, 1.54) is 0 Å². The summed E-state index contributed by atoms with van der Waals surface area (Å²) in [6.07, 6.45) is 3.88. The number of hydrogen-bond donors (Lipinski definition) is 3. The van der Waals surface area contributed by atoms with Crippen LogP contribution in [-0.2, 0) is 52.2 Å². The number of hydrogen-bond acceptors (Lipinski definition) is 15. The second kappa shape index (κ2) is 18.3. The highest BCUT2D eigenvalue weighted by Gasteiger charge is 2.60. The normalized spacial score (nSPS) is 50.1. The lowest BCUT2D eigenvalue weighted by Gasteiger charge is -2.47.